The lowest BCUT2D eigenvalue weighted by Crippen LogP contribution is -2.44. The zero-order chi connectivity index (χ0) is 24.2. The second-order valence-corrected chi connectivity index (χ2v) is 10.1. The van der Waals surface area contributed by atoms with E-state index in [1.54, 1.807) is 6.07 Å². The number of carbonyl (C=O) groups is 2. The fourth-order valence-electron chi connectivity index (χ4n) is 6.12. The molecule has 2 fully saturated rings. The van der Waals surface area contributed by atoms with Gasteiger partial charge in [0.15, 0.2) is 0 Å². The van der Waals surface area contributed by atoms with Gasteiger partial charge in [-0.1, -0.05) is 49.6 Å². The van der Waals surface area contributed by atoms with E-state index >= 15 is 0 Å². The summed E-state index contributed by atoms with van der Waals surface area (Å²) >= 11 is 0. The van der Waals surface area contributed by atoms with Crippen LogP contribution in [0, 0.1) is 5.92 Å². The molecule has 35 heavy (non-hydrogen) atoms. The van der Waals surface area contributed by atoms with E-state index in [0.29, 0.717) is 44.3 Å². The van der Waals surface area contributed by atoms with Crippen molar-refractivity contribution < 1.29 is 19.4 Å². The number of hydrogen-bond acceptors (Lipinski definition) is 3. The first-order valence-corrected chi connectivity index (χ1v) is 13.2. The summed E-state index contributed by atoms with van der Waals surface area (Å²) in [5.41, 5.74) is 3.89. The molecule has 3 aliphatic rings. The van der Waals surface area contributed by atoms with Crippen molar-refractivity contribution in [3.63, 3.8) is 0 Å². The highest BCUT2D eigenvalue weighted by atomic mass is 16.5. The molecule has 0 radical (unpaired) electrons. The molecule has 1 unspecified atom stereocenters. The van der Waals surface area contributed by atoms with E-state index in [4.69, 9.17) is 4.74 Å². The maximum absolute atomic E-state index is 13.7. The van der Waals surface area contributed by atoms with Crippen molar-refractivity contribution in [3.8, 4) is 0 Å². The molecule has 6 nitrogen and oxygen atoms in total. The fourth-order valence-corrected chi connectivity index (χ4v) is 6.12. The molecule has 1 aromatic carbocycles. The van der Waals surface area contributed by atoms with Crippen molar-refractivity contribution in [3.05, 3.63) is 59.3 Å². The van der Waals surface area contributed by atoms with Crippen molar-refractivity contribution in [2.75, 3.05) is 26.3 Å². The lowest BCUT2D eigenvalue weighted by atomic mass is 9.82. The molecule has 1 atom stereocenters. The minimum absolute atomic E-state index is 0.155. The van der Waals surface area contributed by atoms with Gasteiger partial charge >= 0.3 is 5.97 Å². The summed E-state index contributed by atoms with van der Waals surface area (Å²) in [6, 6.07) is 5.57. The predicted molar refractivity (Wildman–Crippen MR) is 137 cm³/mol. The van der Waals surface area contributed by atoms with Gasteiger partial charge in [0.1, 0.15) is 0 Å². The summed E-state index contributed by atoms with van der Waals surface area (Å²) in [5.74, 6) is -0.391. The van der Waals surface area contributed by atoms with Crippen LogP contribution in [0.2, 0.25) is 0 Å². The van der Waals surface area contributed by atoms with Gasteiger partial charge in [0.25, 0.3) is 0 Å². The number of benzene rings is 1. The minimum atomic E-state index is -0.914. The number of hydrogen-bond donors (Lipinski definition) is 1. The monoisotopic (exact) mass is 476 g/mol. The highest BCUT2D eigenvalue weighted by Crippen LogP contribution is 2.41. The maximum atomic E-state index is 13.7. The van der Waals surface area contributed by atoms with Crippen LogP contribution in [0.25, 0.3) is 10.9 Å². The van der Waals surface area contributed by atoms with Gasteiger partial charge in [0, 0.05) is 42.7 Å². The SMILES string of the molecule is O=C(O)c1ccc2c(C3CCCCC3)c3n(c2c1)CC(C(=O)N1CCOCC1)CC/C=C\C=C/C3. The van der Waals surface area contributed by atoms with Gasteiger partial charge in [-0.05, 0) is 49.3 Å². The first kappa shape index (κ1) is 23.9. The molecular weight excluding hydrogens is 440 g/mol. The summed E-state index contributed by atoms with van der Waals surface area (Å²) in [4.78, 5) is 27.5. The summed E-state index contributed by atoms with van der Waals surface area (Å²) in [6.07, 6.45) is 17.1. The number of carbonyl (C=O) groups excluding carboxylic acids is 1. The predicted octanol–water partition coefficient (Wildman–Crippen LogP) is 5.31. The van der Waals surface area contributed by atoms with Crippen LogP contribution in [-0.4, -0.2) is 52.8 Å². The average Bonchev–Trinajstić information content (AvgIpc) is 3.17. The Kier molecular flexibility index (Phi) is 7.37. The number of ether oxygens (including phenoxy) is 1. The van der Waals surface area contributed by atoms with Crippen LogP contribution in [-0.2, 0) is 22.5 Å². The Morgan fingerprint density at radius 2 is 1.74 bits per heavy atom. The van der Waals surface area contributed by atoms with E-state index in [2.05, 4.69) is 28.9 Å². The normalized spacial score (nSPS) is 23.9. The second-order valence-electron chi connectivity index (χ2n) is 10.1. The minimum Gasteiger partial charge on any atom is -0.478 e. The van der Waals surface area contributed by atoms with Crippen LogP contribution in [0.15, 0.2) is 42.5 Å². The van der Waals surface area contributed by atoms with Crippen molar-refractivity contribution in [2.45, 2.75) is 63.8 Å². The molecule has 3 heterocycles. The molecule has 6 heteroatoms. The van der Waals surface area contributed by atoms with Gasteiger partial charge in [-0.2, -0.15) is 0 Å². The fraction of sp³-hybridized carbons (Fsp3) is 0.517. The van der Waals surface area contributed by atoms with E-state index in [-0.39, 0.29) is 11.8 Å². The standard InChI is InChI=1S/C29H36N2O4/c32-28(30-15-17-35-18-16-30)23-11-5-2-1-3-8-12-25-27(21-9-6-4-7-10-21)24-14-13-22(29(33)34)19-26(24)31(25)20-23/h1-3,8,13-14,19,21,23H,4-7,9-12,15-18,20H2,(H,33,34)/b2-1-,8-3-. The van der Waals surface area contributed by atoms with Gasteiger partial charge in [-0.25, -0.2) is 4.79 Å². The largest absolute Gasteiger partial charge is 0.478 e. The lowest BCUT2D eigenvalue weighted by molar-refractivity contribution is -0.140. The summed E-state index contributed by atoms with van der Waals surface area (Å²) in [6.45, 7) is 3.05. The molecular formula is C29H36N2O4. The van der Waals surface area contributed by atoms with Gasteiger partial charge in [0.2, 0.25) is 5.91 Å². The molecule has 0 spiro atoms. The zero-order valence-corrected chi connectivity index (χ0v) is 20.5. The summed E-state index contributed by atoms with van der Waals surface area (Å²) in [7, 11) is 0. The van der Waals surface area contributed by atoms with Gasteiger partial charge < -0.3 is 19.3 Å². The first-order valence-electron chi connectivity index (χ1n) is 13.2. The lowest BCUT2D eigenvalue weighted by Gasteiger charge is -2.31. The zero-order valence-electron chi connectivity index (χ0n) is 20.5. The number of rotatable bonds is 3. The highest BCUT2D eigenvalue weighted by molar-refractivity contribution is 5.95. The Bertz CT molecular complexity index is 1130. The van der Waals surface area contributed by atoms with Crippen LogP contribution >= 0.6 is 0 Å². The topological polar surface area (TPSA) is 71.8 Å². The molecule has 5 rings (SSSR count). The quantitative estimate of drug-likeness (QED) is 0.652. The maximum Gasteiger partial charge on any atom is 0.335 e. The molecule has 1 N–H and O–H groups in total. The van der Waals surface area contributed by atoms with Gasteiger partial charge in [0.05, 0.1) is 24.7 Å². The Morgan fingerprint density at radius 1 is 0.971 bits per heavy atom. The number of carboxylic acids is 1. The van der Waals surface area contributed by atoms with Crippen LogP contribution in [0.4, 0.5) is 0 Å². The van der Waals surface area contributed by atoms with Crippen LogP contribution in [0.1, 0.15) is 72.5 Å². The molecule has 186 valence electrons. The summed E-state index contributed by atoms with van der Waals surface area (Å²) < 4.78 is 7.78. The Hall–Kier alpha value is -2.86. The molecule has 1 saturated heterocycles. The molecule has 0 bridgehead atoms. The van der Waals surface area contributed by atoms with Crippen LogP contribution in [0.3, 0.4) is 0 Å². The number of allylic oxidation sites excluding steroid dienone is 4. The van der Waals surface area contributed by atoms with Crippen LogP contribution in [0.5, 0.6) is 0 Å². The first-order chi connectivity index (χ1) is 17.1. The number of morpholine rings is 1. The van der Waals surface area contributed by atoms with Gasteiger partial charge in [-0.3, -0.25) is 4.79 Å². The number of aromatic nitrogens is 1. The van der Waals surface area contributed by atoms with E-state index in [0.717, 1.165) is 30.2 Å². The molecule has 1 saturated carbocycles. The number of amides is 1. The highest BCUT2D eigenvalue weighted by Gasteiger charge is 2.30. The number of fused-ring (bicyclic) bond motifs is 3. The third-order valence-corrected chi connectivity index (χ3v) is 7.93. The third kappa shape index (κ3) is 5.08. The van der Waals surface area contributed by atoms with Crippen LogP contribution < -0.4 is 0 Å². The number of aromatic carboxylic acids is 1. The van der Waals surface area contributed by atoms with Crippen molar-refractivity contribution in [1.29, 1.82) is 0 Å². The van der Waals surface area contributed by atoms with E-state index in [9.17, 15) is 14.7 Å². The Labute approximate surface area is 207 Å². The molecule has 1 amide bonds. The van der Waals surface area contributed by atoms with E-state index in [1.165, 1.54) is 43.4 Å². The molecule has 2 aliphatic heterocycles. The second kappa shape index (κ2) is 10.8. The Morgan fingerprint density at radius 3 is 2.51 bits per heavy atom. The molecule has 1 aliphatic carbocycles. The van der Waals surface area contributed by atoms with Crippen molar-refractivity contribution >= 4 is 22.8 Å². The molecule has 1 aromatic heterocycles. The van der Waals surface area contributed by atoms with E-state index < -0.39 is 5.97 Å². The Balaban J connectivity index is 1.63. The van der Waals surface area contributed by atoms with Crippen molar-refractivity contribution in [2.24, 2.45) is 5.92 Å². The summed E-state index contributed by atoms with van der Waals surface area (Å²) in [5, 5.41) is 10.9. The smallest absolute Gasteiger partial charge is 0.335 e. The van der Waals surface area contributed by atoms with Crippen molar-refractivity contribution in [1.82, 2.24) is 9.47 Å². The van der Waals surface area contributed by atoms with E-state index in [1.807, 2.05) is 17.0 Å². The third-order valence-electron chi connectivity index (χ3n) is 7.93. The average molecular weight is 477 g/mol. The van der Waals surface area contributed by atoms with Gasteiger partial charge in [-0.15, -0.1) is 0 Å². The molecule has 2 aromatic rings. The number of carboxylic acid groups (broad SMARTS) is 1. The number of nitrogens with zero attached hydrogens (tertiary/aromatic N) is 2.